The number of fused-ring (bicyclic) bond motifs is 1. The predicted molar refractivity (Wildman–Crippen MR) is 70.8 cm³/mol. The Hall–Kier alpha value is -1.27. The molecule has 2 rings (SSSR count). The zero-order valence-corrected chi connectivity index (χ0v) is 10.3. The Bertz CT molecular complexity index is 524. The summed E-state index contributed by atoms with van der Waals surface area (Å²) >= 11 is 6.34. The van der Waals surface area contributed by atoms with Gasteiger partial charge in [-0.15, -0.1) is 0 Å². The van der Waals surface area contributed by atoms with E-state index in [2.05, 4.69) is 17.2 Å². The van der Waals surface area contributed by atoms with Crippen LogP contribution in [-0.4, -0.2) is 15.8 Å². The number of thioether (sulfide) groups is 1. The van der Waals surface area contributed by atoms with Gasteiger partial charge >= 0.3 is 0 Å². The lowest BCUT2D eigenvalue weighted by atomic mass is 10.3. The quantitative estimate of drug-likeness (QED) is 0.647. The number of hydrogen-bond donors (Lipinski definition) is 2. The molecule has 0 aliphatic rings. The van der Waals surface area contributed by atoms with Crippen LogP contribution in [0.15, 0.2) is 27.8 Å². The van der Waals surface area contributed by atoms with Gasteiger partial charge in [0.2, 0.25) is 0 Å². The summed E-state index contributed by atoms with van der Waals surface area (Å²) in [5.41, 5.74) is 7.77. The second-order valence-electron chi connectivity index (χ2n) is 3.08. The van der Waals surface area contributed by atoms with Gasteiger partial charge in [0.15, 0.2) is 10.7 Å². The lowest BCUT2D eigenvalue weighted by Crippen LogP contribution is -2.18. The highest BCUT2D eigenvalue weighted by molar-refractivity contribution is 7.99. The molecule has 0 bridgehead atoms. The van der Waals surface area contributed by atoms with Crippen molar-refractivity contribution in [2.24, 2.45) is 5.73 Å². The van der Waals surface area contributed by atoms with Gasteiger partial charge in [0.25, 0.3) is 5.22 Å². The topological polar surface area (TPSA) is 64.1 Å². The van der Waals surface area contributed by atoms with E-state index in [1.807, 2.05) is 18.2 Å². The summed E-state index contributed by atoms with van der Waals surface area (Å²) in [4.78, 5) is 4.33. The van der Waals surface area contributed by atoms with Crippen molar-refractivity contribution in [1.29, 1.82) is 0 Å². The third-order valence-corrected chi connectivity index (χ3v) is 2.72. The minimum absolute atomic E-state index is 0.238. The van der Waals surface area contributed by atoms with Crippen LogP contribution in [0.25, 0.3) is 11.1 Å². The molecule has 0 unspecified atom stereocenters. The Labute approximate surface area is 103 Å². The van der Waals surface area contributed by atoms with Crippen LogP contribution in [0.3, 0.4) is 0 Å². The van der Waals surface area contributed by atoms with E-state index in [4.69, 9.17) is 22.4 Å². The molecule has 0 saturated heterocycles. The fourth-order valence-electron chi connectivity index (χ4n) is 1.31. The number of benzene rings is 1. The molecule has 0 fully saturated rings. The average molecular weight is 253 g/mol. The summed E-state index contributed by atoms with van der Waals surface area (Å²) in [7, 11) is 0. The van der Waals surface area contributed by atoms with Gasteiger partial charge < -0.3 is 15.5 Å². The molecule has 0 amide bonds. The zero-order chi connectivity index (χ0) is 11.5. The van der Waals surface area contributed by atoms with E-state index in [0.29, 0.717) is 5.22 Å². The zero-order valence-electron chi connectivity index (χ0n) is 8.69. The molecule has 0 saturated carbocycles. The van der Waals surface area contributed by atoms with Gasteiger partial charge in [-0.3, -0.25) is 0 Å². The summed E-state index contributed by atoms with van der Waals surface area (Å²) in [5, 5.41) is 3.78. The van der Waals surface area contributed by atoms with Crippen molar-refractivity contribution in [2.45, 2.75) is 12.1 Å². The number of thiocarbonyl (C=S) groups is 1. The third-order valence-electron chi connectivity index (χ3n) is 1.90. The molecule has 0 radical (unpaired) electrons. The molecule has 1 aromatic carbocycles. The Morgan fingerprint density at radius 1 is 1.62 bits per heavy atom. The molecule has 16 heavy (non-hydrogen) atoms. The van der Waals surface area contributed by atoms with E-state index in [1.165, 1.54) is 0 Å². The van der Waals surface area contributed by atoms with Crippen molar-refractivity contribution in [3.8, 4) is 0 Å². The second-order valence-corrected chi connectivity index (χ2v) is 4.74. The van der Waals surface area contributed by atoms with Gasteiger partial charge in [0.1, 0.15) is 5.52 Å². The molecule has 0 aliphatic carbocycles. The van der Waals surface area contributed by atoms with Crippen LogP contribution >= 0.6 is 24.0 Å². The number of oxazole rings is 1. The van der Waals surface area contributed by atoms with E-state index < -0.39 is 0 Å². The highest BCUT2D eigenvalue weighted by atomic mass is 32.2. The first kappa shape index (κ1) is 11.2. The standard InChI is InChI=1S/C10H11N3OS2/c1-2-16-10-13-7-4-3-6(12-9(11)15)5-8(7)14-10/h3-5H,2H2,1H3,(H3,11,12,15). The van der Waals surface area contributed by atoms with E-state index >= 15 is 0 Å². The summed E-state index contributed by atoms with van der Waals surface area (Å²) in [6.07, 6.45) is 0. The number of hydrogen-bond acceptors (Lipinski definition) is 4. The molecule has 0 spiro atoms. The molecule has 1 heterocycles. The maximum Gasteiger partial charge on any atom is 0.256 e. The molecular weight excluding hydrogens is 242 g/mol. The minimum atomic E-state index is 0.238. The normalized spacial score (nSPS) is 10.6. The van der Waals surface area contributed by atoms with Crippen LogP contribution < -0.4 is 11.1 Å². The predicted octanol–water partition coefficient (Wildman–Crippen LogP) is 2.60. The second kappa shape index (κ2) is 4.71. The lowest BCUT2D eigenvalue weighted by Gasteiger charge is -2.01. The third kappa shape index (κ3) is 2.45. The maximum atomic E-state index is 5.56. The smallest absolute Gasteiger partial charge is 0.256 e. The van der Waals surface area contributed by atoms with Crippen molar-refractivity contribution in [3.63, 3.8) is 0 Å². The van der Waals surface area contributed by atoms with E-state index in [0.717, 1.165) is 22.5 Å². The average Bonchev–Trinajstić information content (AvgIpc) is 2.59. The van der Waals surface area contributed by atoms with Crippen LogP contribution in [0.2, 0.25) is 0 Å². The highest BCUT2D eigenvalue weighted by Gasteiger charge is 2.06. The van der Waals surface area contributed by atoms with E-state index in [1.54, 1.807) is 11.8 Å². The number of nitrogens with zero attached hydrogens (tertiary/aromatic N) is 1. The van der Waals surface area contributed by atoms with Crippen molar-refractivity contribution >= 4 is 45.9 Å². The number of nitrogens with two attached hydrogens (primary N) is 1. The molecule has 2 aromatic rings. The summed E-state index contributed by atoms with van der Waals surface area (Å²) in [6.45, 7) is 2.05. The van der Waals surface area contributed by atoms with E-state index in [-0.39, 0.29) is 5.11 Å². The van der Waals surface area contributed by atoms with Crippen molar-refractivity contribution in [1.82, 2.24) is 4.98 Å². The molecule has 3 N–H and O–H groups in total. The van der Waals surface area contributed by atoms with Gasteiger partial charge in [0, 0.05) is 11.8 Å². The van der Waals surface area contributed by atoms with Crippen LogP contribution in [0.5, 0.6) is 0 Å². The molecule has 6 heteroatoms. The molecule has 0 atom stereocenters. The first-order valence-electron chi connectivity index (χ1n) is 4.79. The summed E-state index contributed by atoms with van der Waals surface area (Å²) < 4.78 is 5.56. The number of rotatable bonds is 3. The van der Waals surface area contributed by atoms with E-state index in [9.17, 15) is 0 Å². The first-order valence-corrected chi connectivity index (χ1v) is 6.18. The van der Waals surface area contributed by atoms with Crippen molar-refractivity contribution in [2.75, 3.05) is 11.1 Å². The van der Waals surface area contributed by atoms with Crippen LogP contribution in [0.4, 0.5) is 5.69 Å². The van der Waals surface area contributed by atoms with Crippen LogP contribution in [0, 0.1) is 0 Å². The maximum absolute atomic E-state index is 5.56. The molecule has 4 nitrogen and oxygen atoms in total. The molecule has 0 aliphatic heterocycles. The monoisotopic (exact) mass is 253 g/mol. The summed E-state index contributed by atoms with van der Waals surface area (Å²) in [6, 6.07) is 5.57. The number of aromatic nitrogens is 1. The Morgan fingerprint density at radius 2 is 2.44 bits per heavy atom. The fourth-order valence-corrected chi connectivity index (χ4v) is 1.99. The van der Waals surface area contributed by atoms with Gasteiger partial charge in [-0.2, -0.15) is 0 Å². The SMILES string of the molecule is CCSc1nc2ccc(NC(N)=S)cc2o1. The number of anilines is 1. The highest BCUT2D eigenvalue weighted by Crippen LogP contribution is 2.25. The summed E-state index contributed by atoms with van der Waals surface area (Å²) in [5.74, 6) is 0.935. The Kier molecular flexibility index (Phi) is 3.31. The fraction of sp³-hybridized carbons (Fsp3) is 0.200. The van der Waals surface area contributed by atoms with Crippen molar-refractivity contribution < 1.29 is 4.42 Å². The Morgan fingerprint density at radius 3 is 3.12 bits per heavy atom. The van der Waals surface area contributed by atoms with Crippen LogP contribution in [-0.2, 0) is 0 Å². The first-order chi connectivity index (χ1) is 7.69. The van der Waals surface area contributed by atoms with Gasteiger partial charge in [0.05, 0.1) is 0 Å². The lowest BCUT2D eigenvalue weighted by molar-refractivity contribution is 0.490. The molecule has 84 valence electrons. The minimum Gasteiger partial charge on any atom is -0.431 e. The molecular formula is C10H11N3OS2. The van der Waals surface area contributed by atoms with Gasteiger partial charge in [-0.1, -0.05) is 18.7 Å². The molecule has 1 aromatic heterocycles. The van der Waals surface area contributed by atoms with Crippen LogP contribution in [0.1, 0.15) is 6.92 Å². The number of nitrogens with one attached hydrogen (secondary N) is 1. The van der Waals surface area contributed by atoms with Crippen molar-refractivity contribution in [3.05, 3.63) is 18.2 Å². The van der Waals surface area contributed by atoms with Gasteiger partial charge in [-0.25, -0.2) is 4.98 Å². The largest absolute Gasteiger partial charge is 0.431 e. The van der Waals surface area contributed by atoms with Gasteiger partial charge in [-0.05, 0) is 30.1 Å². The Balaban J connectivity index is 2.33.